The predicted octanol–water partition coefficient (Wildman–Crippen LogP) is 2.79. The first-order valence-corrected chi connectivity index (χ1v) is 6.69. The summed E-state index contributed by atoms with van der Waals surface area (Å²) in [6.07, 6.45) is 1.17. The van der Waals surface area contributed by atoms with E-state index in [-0.39, 0.29) is 24.4 Å². The second-order valence-electron chi connectivity index (χ2n) is 5.00. The molecular formula is C14H20Cl2N2O. The van der Waals surface area contributed by atoms with E-state index in [1.54, 1.807) is 7.05 Å². The van der Waals surface area contributed by atoms with E-state index in [0.29, 0.717) is 18.4 Å². The average molecular weight is 303 g/mol. The second kappa shape index (κ2) is 7.13. The fraction of sp³-hybridized carbons (Fsp3) is 0.500. The third kappa shape index (κ3) is 4.37. The topological polar surface area (TPSA) is 41.1 Å². The molecule has 1 aromatic carbocycles. The standard InChI is InChI=1S/C14H19ClN2O.ClH/c1-9-7-12(9)14(17-13(18)8-16-2)10-3-5-11(15)6-4-10;/h3-6,9,12,14,16H,7-8H2,1-2H3,(H,17,18);1H. The first-order chi connectivity index (χ1) is 8.61. The van der Waals surface area contributed by atoms with Gasteiger partial charge in [-0.05, 0) is 43.0 Å². The van der Waals surface area contributed by atoms with Crippen molar-refractivity contribution >= 4 is 29.9 Å². The van der Waals surface area contributed by atoms with E-state index < -0.39 is 0 Å². The lowest BCUT2D eigenvalue weighted by Gasteiger charge is -2.19. The molecule has 1 aliphatic rings. The van der Waals surface area contributed by atoms with Gasteiger partial charge < -0.3 is 10.6 Å². The zero-order valence-corrected chi connectivity index (χ0v) is 12.7. The van der Waals surface area contributed by atoms with Gasteiger partial charge in [0.1, 0.15) is 0 Å². The number of hydrogen-bond acceptors (Lipinski definition) is 2. The first-order valence-electron chi connectivity index (χ1n) is 6.31. The van der Waals surface area contributed by atoms with E-state index in [9.17, 15) is 4.79 Å². The van der Waals surface area contributed by atoms with Crippen molar-refractivity contribution in [2.45, 2.75) is 19.4 Å². The summed E-state index contributed by atoms with van der Waals surface area (Å²) in [6, 6.07) is 7.86. The molecule has 2 N–H and O–H groups in total. The molecule has 3 unspecified atom stereocenters. The molecule has 3 atom stereocenters. The van der Waals surface area contributed by atoms with Crippen molar-refractivity contribution in [3.8, 4) is 0 Å². The van der Waals surface area contributed by atoms with Crippen molar-refractivity contribution in [2.24, 2.45) is 11.8 Å². The smallest absolute Gasteiger partial charge is 0.234 e. The Kier molecular flexibility index (Phi) is 6.11. The Bertz CT molecular complexity index is 422. The Hall–Kier alpha value is -0.770. The average Bonchev–Trinajstić information content (AvgIpc) is 3.05. The summed E-state index contributed by atoms with van der Waals surface area (Å²) in [5.41, 5.74) is 1.14. The molecule has 0 radical (unpaired) electrons. The molecule has 1 fully saturated rings. The maximum absolute atomic E-state index is 11.7. The van der Waals surface area contributed by atoms with E-state index in [0.717, 1.165) is 10.6 Å². The van der Waals surface area contributed by atoms with Crippen LogP contribution in [0.15, 0.2) is 24.3 Å². The number of benzene rings is 1. The number of nitrogens with one attached hydrogen (secondary N) is 2. The largest absolute Gasteiger partial charge is 0.348 e. The van der Waals surface area contributed by atoms with E-state index in [1.165, 1.54) is 6.42 Å². The van der Waals surface area contributed by atoms with Gasteiger partial charge in [0.25, 0.3) is 0 Å². The van der Waals surface area contributed by atoms with Crippen LogP contribution in [0.25, 0.3) is 0 Å². The molecule has 3 nitrogen and oxygen atoms in total. The minimum Gasteiger partial charge on any atom is -0.348 e. The van der Waals surface area contributed by atoms with Crippen LogP contribution in [-0.4, -0.2) is 19.5 Å². The lowest BCUT2D eigenvalue weighted by Crippen LogP contribution is -2.36. The van der Waals surface area contributed by atoms with Crippen LogP contribution in [0.2, 0.25) is 5.02 Å². The Morgan fingerprint density at radius 2 is 2.00 bits per heavy atom. The number of halogens is 2. The Morgan fingerprint density at radius 1 is 1.42 bits per heavy atom. The van der Waals surface area contributed by atoms with Crippen molar-refractivity contribution in [2.75, 3.05) is 13.6 Å². The number of hydrogen-bond donors (Lipinski definition) is 2. The summed E-state index contributed by atoms with van der Waals surface area (Å²) in [5, 5.41) is 6.70. The number of likely N-dealkylation sites (N-methyl/N-ethyl adjacent to an activating group) is 1. The lowest BCUT2D eigenvalue weighted by molar-refractivity contribution is -0.121. The van der Waals surface area contributed by atoms with Gasteiger partial charge in [0.05, 0.1) is 12.6 Å². The maximum Gasteiger partial charge on any atom is 0.234 e. The number of rotatable bonds is 5. The molecule has 19 heavy (non-hydrogen) atoms. The normalized spacial score (nSPS) is 22.3. The van der Waals surface area contributed by atoms with Crippen LogP contribution in [-0.2, 0) is 4.79 Å². The molecule has 5 heteroatoms. The third-order valence-corrected chi connectivity index (χ3v) is 3.73. The van der Waals surface area contributed by atoms with Gasteiger partial charge >= 0.3 is 0 Å². The van der Waals surface area contributed by atoms with E-state index in [2.05, 4.69) is 17.6 Å². The summed E-state index contributed by atoms with van der Waals surface area (Å²) < 4.78 is 0. The van der Waals surface area contributed by atoms with Crippen LogP contribution in [0.1, 0.15) is 24.9 Å². The molecule has 0 heterocycles. The highest BCUT2D eigenvalue weighted by Gasteiger charge is 2.40. The van der Waals surface area contributed by atoms with Gasteiger partial charge in [0.15, 0.2) is 0 Å². The monoisotopic (exact) mass is 302 g/mol. The van der Waals surface area contributed by atoms with Crippen molar-refractivity contribution in [3.05, 3.63) is 34.9 Å². The van der Waals surface area contributed by atoms with Crippen LogP contribution < -0.4 is 10.6 Å². The zero-order valence-electron chi connectivity index (χ0n) is 11.2. The van der Waals surface area contributed by atoms with E-state index >= 15 is 0 Å². The summed E-state index contributed by atoms with van der Waals surface area (Å²) in [6.45, 7) is 2.57. The number of amides is 1. The Labute approximate surface area is 125 Å². The molecule has 106 valence electrons. The van der Waals surface area contributed by atoms with Crippen molar-refractivity contribution in [1.82, 2.24) is 10.6 Å². The molecule has 1 aromatic rings. The van der Waals surface area contributed by atoms with Crippen LogP contribution in [0, 0.1) is 11.8 Å². The molecule has 0 aromatic heterocycles. The molecule has 1 saturated carbocycles. The van der Waals surface area contributed by atoms with Crippen molar-refractivity contribution in [1.29, 1.82) is 0 Å². The molecule has 0 aliphatic heterocycles. The Balaban J connectivity index is 0.00000180. The molecule has 1 amide bonds. The lowest BCUT2D eigenvalue weighted by atomic mass is 10.0. The van der Waals surface area contributed by atoms with E-state index in [4.69, 9.17) is 11.6 Å². The summed E-state index contributed by atoms with van der Waals surface area (Å²) in [4.78, 5) is 11.7. The molecule has 0 spiro atoms. The number of carbonyl (C=O) groups excluding carboxylic acids is 1. The van der Waals surface area contributed by atoms with Crippen LogP contribution in [0.3, 0.4) is 0 Å². The minimum atomic E-state index is 0. The van der Waals surface area contributed by atoms with Gasteiger partial charge in [0.2, 0.25) is 5.91 Å². The maximum atomic E-state index is 11.7. The fourth-order valence-electron chi connectivity index (χ4n) is 2.31. The molecule has 0 saturated heterocycles. The Morgan fingerprint density at radius 3 is 2.47 bits per heavy atom. The van der Waals surface area contributed by atoms with Gasteiger partial charge in [0, 0.05) is 5.02 Å². The van der Waals surface area contributed by atoms with Crippen LogP contribution >= 0.6 is 24.0 Å². The quantitative estimate of drug-likeness (QED) is 0.878. The zero-order chi connectivity index (χ0) is 13.1. The summed E-state index contributed by atoms with van der Waals surface area (Å²) in [7, 11) is 1.77. The van der Waals surface area contributed by atoms with Gasteiger partial charge in [-0.15, -0.1) is 12.4 Å². The van der Waals surface area contributed by atoms with Gasteiger partial charge in [-0.2, -0.15) is 0 Å². The van der Waals surface area contributed by atoms with Gasteiger partial charge in [-0.3, -0.25) is 4.79 Å². The highest BCUT2D eigenvalue weighted by Crippen LogP contribution is 2.47. The van der Waals surface area contributed by atoms with Crippen LogP contribution in [0.4, 0.5) is 0 Å². The number of carbonyl (C=O) groups is 1. The highest BCUT2D eigenvalue weighted by atomic mass is 35.5. The second-order valence-corrected chi connectivity index (χ2v) is 5.44. The van der Waals surface area contributed by atoms with Crippen molar-refractivity contribution < 1.29 is 4.79 Å². The van der Waals surface area contributed by atoms with Crippen LogP contribution in [0.5, 0.6) is 0 Å². The van der Waals surface area contributed by atoms with Crippen molar-refractivity contribution in [3.63, 3.8) is 0 Å². The molecule has 2 rings (SSSR count). The minimum absolute atomic E-state index is 0. The third-order valence-electron chi connectivity index (χ3n) is 3.48. The molecule has 0 bridgehead atoms. The van der Waals surface area contributed by atoms with Gasteiger partial charge in [-0.1, -0.05) is 30.7 Å². The summed E-state index contributed by atoms with van der Waals surface area (Å²) in [5.74, 6) is 1.27. The molecular weight excluding hydrogens is 283 g/mol. The fourth-order valence-corrected chi connectivity index (χ4v) is 2.43. The van der Waals surface area contributed by atoms with Gasteiger partial charge in [-0.25, -0.2) is 0 Å². The predicted molar refractivity (Wildman–Crippen MR) is 80.8 cm³/mol. The highest BCUT2D eigenvalue weighted by molar-refractivity contribution is 6.30. The first kappa shape index (κ1) is 16.3. The van der Waals surface area contributed by atoms with E-state index in [1.807, 2.05) is 24.3 Å². The molecule has 1 aliphatic carbocycles. The summed E-state index contributed by atoms with van der Waals surface area (Å²) >= 11 is 5.90. The SMILES string of the molecule is CNCC(=O)NC(c1ccc(Cl)cc1)C1CC1C.Cl.